The van der Waals surface area contributed by atoms with Crippen LogP contribution in [0.2, 0.25) is 0 Å². The molecule has 1 saturated carbocycles. The summed E-state index contributed by atoms with van der Waals surface area (Å²) in [5.74, 6) is 1.79. The lowest BCUT2D eigenvalue weighted by molar-refractivity contribution is -0.112. The van der Waals surface area contributed by atoms with Gasteiger partial charge in [0.2, 0.25) is 0 Å². The van der Waals surface area contributed by atoms with Crippen LogP contribution in [-0.4, -0.2) is 12.9 Å². The van der Waals surface area contributed by atoms with Gasteiger partial charge in [0.1, 0.15) is 5.75 Å². The van der Waals surface area contributed by atoms with Crippen molar-refractivity contribution >= 4 is 39.6 Å². The van der Waals surface area contributed by atoms with Gasteiger partial charge in [-0.15, -0.1) is 0 Å². The van der Waals surface area contributed by atoms with Crippen molar-refractivity contribution in [2.75, 3.05) is 7.11 Å². The average molecular weight is 509 g/mol. The van der Waals surface area contributed by atoms with Crippen molar-refractivity contribution in [1.29, 1.82) is 0 Å². The molecule has 3 aromatic rings. The molecular formula is C34H33ClO2. The molecule has 188 valence electrons. The second-order valence-electron chi connectivity index (χ2n) is 9.96. The van der Waals surface area contributed by atoms with Crippen LogP contribution < -0.4 is 4.74 Å². The van der Waals surface area contributed by atoms with Gasteiger partial charge < -0.3 is 4.74 Å². The normalized spacial score (nSPS) is 19.5. The zero-order valence-corrected chi connectivity index (χ0v) is 22.5. The quantitative estimate of drug-likeness (QED) is 0.235. The highest BCUT2D eigenvalue weighted by Gasteiger charge is 2.40. The Morgan fingerprint density at radius 3 is 2.30 bits per heavy atom. The molecule has 37 heavy (non-hydrogen) atoms. The van der Waals surface area contributed by atoms with Gasteiger partial charge in [-0.2, -0.15) is 0 Å². The summed E-state index contributed by atoms with van der Waals surface area (Å²) < 4.78 is 5.43. The lowest BCUT2D eigenvalue weighted by atomic mass is 9.71. The molecule has 3 heteroatoms. The number of allylic oxidation sites excluding steroid dienone is 4. The molecule has 2 atom stereocenters. The summed E-state index contributed by atoms with van der Waals surface area (Å²) in [6.07, 6.45) is 7.91. The SMILES string of the molecule is CC/C(=C(\C1=C(Cl)c2ccccc2C2CCCC12)c1ccc(/C=C/C(C)=O)cc1)c1ccc(OC)cc1. The zero-order valence-electron chi connectivity index (χ0n) is 21.8. The van der Waals surface area contributed by atoms with E-state index in [1.807, 2.05) is 18.2 Å². The Hall–Kier alpha value is -3.36. The van der Waals surface area contributed by atoms with Gasteiger partial charge in [0, 0.05) is 0 Å². The Morgan fingerprint density at radius 1 is 0.946 bits per heavy atom. The van der Waals surface area contributed by atoms with Crippen molar-refractivity contribution in [3.05, 3.63) is 112 Å². The fraction of sp³-hybridized carbons (Fsp3) is 0.265. The van der Waals surface area contributed by atoms with Gasteiger partial charge in [0.05, 0.1) is 12.1 Å². The fourth-order valence-corrected chi connectivity index (χ4v) is 6.49. The van der Waals surface area contributed by atoms with Gasteiger partial charge >= 0.3 is 0 Å². The molecule has 2 aliphatic carbocycles. The molecule has 0 aromatic heterocycles. The molecule has 5 rings (SSSR count). The maximum atomic E-state index is 11.4. The van der Waals surface area contributed by atoms with Gasteiger partial charge in [-0.1, -0.05) is 91.7 Å². The molecule has 1 fully saturated rings. The first kappa shape index (κ1) is 25.3. The van der Waals surface area contributed by atoms with E-state index in [4.69, 9.17) is 16.3 Å². The van der Waals surface area contributed by atoms with Crippen molar-refractivity contribution in [2.24, 2.45) is 5.92 Å². The third kappa shape index (κ3) is 4.95. The van der Waals surface area contributed by atoms with Gasteiger partial charge in [0.15, 0.2) is 5.78 Å². The number of ketones is 1. The minimum Gasteiger partial charge on any atom is -0.497 e. The summed E-state index contributed by atoms with van der Waals surface area (Å²) in [4.78, 5) is 11.4. The van der Waals surface area contributed by atoms with Crippen molar-refractivity contribution in [2.45, 2.75) is 45.4 Å². The fourth-order valence-electron chi connectivity index (χ4n) is 6.09. The van der Waals surface area contributed by atoms with Crippen LogP contribution in [0.5, 0.6) is 5.75 Å². The first-order valence-corrected chi connectivity index (χ1v) is 13.6. The lowest BCUT2D eigenvalue weighted by Crippen LogP contribution is -2.18. The summed E-state index contributed by atoms with van der Waals surface area (Å²) in [5.41, 5.74) is 9.72. The first-order chi connectivity index (χ1) is 18.0. The van der Waals surface area contributed by atoms with Crippen LogP contribution in [-0.2, 0) is 4.79 Å². The van der Waals surface area contributed by atoms with Crippen LogP contribution in [0, 0.1) is 5.92 Å². The molecule has 0 N–H and O–H groups in total. The summed E-state index contributed by atoms with van der Waals surface area (Å²) in [7, 11) is 1.70. The molecule has 0 bridgehead atoms. The molecule has 2 aliphatic rings. The van der Waals surface area contributed by atoms with E-state index in [2.05, 4.69) is 67.6 Å². The molecule has 0 saturated heterocycles. The standard InChI is InChI=1S/C34H33ClO2/c1-4-27(24-18-20-26(37-3)21-19-24)32(25-16-14-23(15-17-25)13-12-22(2)36)33-30-11-7-10-28(30)29-8-5-6-9-31(29)34(33)35/h5-6,8-9,12-21,28,30H,4,7,10-11H2,1-3H3/b13-12+,32-27+. The highest BCUT2D eigenvalue weighted by atomic mass is 35.5. The smallest absolute Gasteiger partial charge is 0.152 e. The lowest BCUT2D eigenvalue weighted by Gasteiger charge is -2.34. The van der Waals surface area contributed by atoms with E-state index in [9.17, 15) is 4.79 Å². The number of fused-ring (bicyclic) bond motifs is 3. The number of ether oxygens (including phenoxy) is 1. The van der Waals surface area contributed by atoms with Crippen LogP contribution >= 0.6 is 11.6 Å². The van der Waals surface area contributed by atoms with Gasteiger partial charge in [-0.05, 0) is 101 Å². The number of carbonyl (C=O) groups is 1. The highest BCUT2D eigenvalue weighted by molar-refractivity contribution is 6.51. The average Bonchev–Trinajstić information content (AvgIpc) is 3.42. The molecule has 2 nitrogen and oxygen atoms in total. The molecule has 0 radical (unpaired) electrons. The van der Waals surface area contributed by atoms with E-state index in [1.165, 1.54) is 46.3 Å². The summed E-state index contributed by atoms with van der Waals surface area (Å²) in [6, 6.07) is 25.6. The Balaban J connectivity index is 1.75. The maximum Gasteiger partial charge on any atom is 0.152 e. The number of carbonyl (C=O) groups excluding carboxylic acids is 1. The first-order valence-electron chi connectivity index (χ1n) is 13.2. The van der Waals surface area contributed by atoms with E-state index in [-0.39, 0.29) is 5.78 Å². The third-order valence-electron chi connectivity index (χ3n) is 7.79. The van der Waals surface area contributed by atoms with E-state index >= 15 is 0 Å². The monoisotopic (exact) mass is 508 g/mol. The highest BCUT2D eigenvalue weighted by Crippen LogP contribution is 2.56. The molecule has 0 aliphatic heterocycles. The second-order valence-corrected chi connectivity index (χ2v) is 10.3. The maximum absolute atomic E-state index is 11.4. The Labute approximate surface area is 225 Å². The number of halogens is 1. The topological polar surface area (TPSA) is 26.3 Å². The summed E-state index contributed by atoms with van der Waals surface area (Å²) in [5, 5.41) is 0.883. The molecule has 2 unspecified atom stereocenters. The van der Waals surface area contributed by atoms with Gasteiger partial charge in [-0.3, -0.25) is 4.79 Å². The van der Waals surface area contributed by atoms with E-state index < -0.39 is 0 Å². The van der Waals surface area contributed by atoms with Crippen LogP contribution in [0.3, 0.4) is 0 Å². The van der Waals surface area contributed by atoms with E-state index in [0.717, 1.165) is 34.8 Å². The van der Waals surface area contributed by atoms with Crippen LogP contribution in [0.25, 0.3) is 22.3 Å². The largest absolute Gasteiger partial charge is 0.497 e. The van der Waals surface area contributed by atoms with Gasteiger partial charge in [-0.25, -0.2) is 0 Å². The van der Waals surface area contributed by atoms with Crippen LogP contribution in [0.1, 0.15) is 73.3 Å². The summed E-state index contributed by atoms with van der Waals surface area (Å²) >= 11 is 7.35. The number of benzene rings is 3. The Bertz CT molecular complexity index is 1390. The van der Waals surface area contributed by atoms with Crippen LogP contribution in [0.15, 0.2) is 84.4 Å². The predicted octanol–water partition coefficient (Wildman–Crippen LogP) is 9.17. The third-order valence-corrected chi connectivity index (χ3v) is 8.20. The van der Waals surface area contributed by atoms with Gasteiger partial charge in [0.25, 0.3) is 0 Å². The second kappa shape index (κ2) is 10.9. The van der Waals surface area contributed by atoms with Crippen molar-refractivity contribution in [3.8, 4) is 5.75 Å². The molecule has 3 aromatic carbocycles. The number of rotatable bonds is 7. The predicted molar refractivity (Wildman–Crippen MR) is 156 cm³/mol. The van der Waals surface area contributed by atoms with E-state index in [0.29, 0.717) is 11.8 Å². The Morgan fingerprint density at radius 2 is 1.62 bits per heavy atom. The number of hydrogen-bond donors (Lipinski definition) is 0. The number of methoxy groups -OCH3 is 1. The van der Waals surface area contributed by atoms with Crippen LogP contribution in [0.4, 0.5) is 0 Å². The molecule has 0 amide bonds. The Kier molecular flexibility index (Phi) is 7.48. The van der Waals surface area contributed by atoms with Crippen molar-refractivity contribution in [3.63, 3.8) is 0 Å². The minimum atomic E-state index is 0.0440. The van der Waals surface area contributed by atoms with E-state index in [1.54, 1.807) is 20.1 Å². The molecule has 0 heterocycles. The molecular weight excluding hydrogens is 476 g/mol. The summed E-state index contributed by atoms with van der Waals surface area (Å²) in [6.45, 7) is 3.79. The molecule has 0 spiro atoms. The minimum absolute atomic E-state index is 0.0440. The zero-order chi connectivity index (χ0) is 25.9. The number of hydrogen-bond acceptors (Lipinski definition) is 2. The van der Waals surface area contributed by atoms with Crippen molar-refractivity contribution < 1.29 is 9.53 Å². The van der Waals surface area contributed by atoms with Crippen molar-refractivity contribution in [1.82, 2.24) is 0 Å².